The van der Waals surface area contributed by atoms with Crippen LogP contribution in [-0.4, -0.2) is 40.2 Å². The quantitative estimate of drug-likeness (QED) is 0.490. The summed E-state index contributed by atoms with van der Waals surface area (Å²) in [5.74, 6) is -0.455. The molecule has 3 N–H and O–H groups in total. The van der Waals surface area contributed by atoms with E-state index >= 15 is 0 Å². The average molecular weight is 402 g/mol. The second-order valence-electron chi connectivity index (χ2n) is 9.66. The van der Waals surface area contributed by atoms with Crippen molar-refractivity contribution >= 4 is 11.7 Å². The molecule has 1 aliphatic heterocycles. The van der Waals surface area contributed by atoms with Crippen molar-refractivity contribution in [2.24, 2.45) is 29.1 Å². The van der Waals surface area contributed by atoms with Crippen molar-refractivity contribution in [3.05, 3.63) is 35.5 Å². The molecule has 0 aromatic heterocycles. The number of ketones is 1. The SMILES string of the molecule is CC1=C[C@@H]2/C=C(/C)CC[C@H](O)[C@H](O)/C=C/C(=O)[C@]23C(=O)N[C@H](CC(C)C)[C@@H]3[C@H]1C. The van der Waals surface area contributed by atoms with Crippen LogP contribution in [0.15, 0.2) is 35.5 Å². The molecule has 1 fully saturated rings. The van der Waals surface area contributed by atoms with Crippen LogP contribution >= 0.6 is 0 Å². The van der Waals surface area contributed by atoms with Gasteiger partial charge in [0.2, 0.25) is 5.91 Å². The van der Waals surface area contributed by atoms with Crippen LogP contribution in [-0.2, 0) is 9.59 Å². The van der Waals surface area contributed by atoms with Crippen molar-refractivity contribution in [3.8, 4) is 0 Å². The molecule has 0 aromatic rings. The Morgan fingerprint density at radius 1 is 1.21 bits per heavy atom. The highest BCUT2D eigenvalue weighted by atomic mass is 16.3. The molecule has 3 rings (SSSR count). The first-order valence-corrected chi connectivity index (χ1v) is 10.8. The first-order valence-electron chi connectivity index (χ1n) is 10.8. The molecule has 0 saturated carbocycles. The number of hydrogen-bond acceptors (Lipinski definition) is 4. The highest BCUT2D eigenvalue weighted by Gasteiger charge is 2.64. The van der Waals surface area contributed by atoms with E-state index in [1.54, 1.807) is 0 Å². The lowest BCUT2D eigenvalue weighted by atomic mass is 9.55. The monoisotopic (exact) mass is 401 g/mol. The maximum absolute atomic E-state index is 13.6. The van der Waals surface area contributed by atoms with Gasteiger partial charge in [-0.2, -0.15) is 0 Å². The lowest BCUT2D eigenvalue weighted by molar-refractivity contribution is -0.142. The minimum atomic E-state index is -1.20. The fourth-order valence-electron chi connectivity index (χ4n) is 5.53. The highest BCUT2D eigenvalue weighted by Crippen LogP contribution is 2.55. The summed E-state index contributed by atoms with van der Waals surface area (Å²) in [5.41, 5.74) is 1.02. The van der Waals surface area contributed by atoms with Gasteiger partial charge in [0.15, 0.2) is 5.78 Å². The summed E-state index contributed by atoms with van der Waals surface area (Å²) in [7, 11) is 0. The molecule has 0 unspecified atom stereocenters. The largest absolute Gasteiger partial charge is 0.390 e. The topological polar surface area (TPSA) is 86.6 Å². The van der Waals surface area contributed by atoms with Gasteiger partial charge in [0.25, 0.3) is 0 Å². The number of aliphatic hydroxyl groups excluding tert-OH is 2. The Bertz CT molecular complexity index is 765. The molecular weight excluding hydrogens is 366 g/mol. The Balaban J connectivity index is 2.20. The minimum absolute atomic E-state index is 0.0599. The molecule has 5 nitrogen and oxygen atoms in total. The zero-order chi connectivity index (χ0) is 21.5. The van der Waals surface area contributed by atoms with E-state index in [1.165, 1.54) is 17.7 Å². The van der Waals surface area contributed by atoms with Gasteiger partial charge in [-0.15, -0.1) is 0 Å². The van der Waals surface area contributed by atoms with E-state index < -0.39 is 17.6 Å². The zero-order valence-corrected chi connectivity index (χ0v) is 18.2. The number of allylic oxidation sites excluding steroid dienone is 5. The van der Waals surface area contributed by atoms with E-state index in [-0.39, 0.29) is 35.5 Å². The van der Waals surface area contributed by atoms with E-state index in [1.807, 2.05) is 13.0 Å². The third kappa shape index (κ3) is 3.75. The van der Waals surface area contributed by atoms with Gasteiger partial charge in [0, 0.05) is 17.9 Å². The maximum Gasteiger partial charge on any atom is 0.235 e. The first kappa shape index (κ1) is 22.0. The molecule has 29 heavy (non-hydrogen) atoms. The molecule has 3 aliphatic rings. The van der Waals surface area contributed by atoms with Crippen LogP contribution in [0.2, 0.25) is 0 Å². The number of aliphatic hydroxyl groups is 2. The van der Waals surface area contributed by atoms with Gasteiger partial charge in [-0.1, -0.05) is 50.1 Å². The normalized spacial score (nSPS) is 43.4. The predicted molar refractivity (Wildman–Crippen MR) is 113 cm³/mol. The van der Waals surface area contributed by atoms with Crippen LogP contribution in [0, 0.1) is 29.1 Å². The predicted octanol–water partition coefficient (Wildman–Crippen LogP) is 2.93. The van der Waals surface area contributed by atoms with Crippen molar-refractivity contribution < 1.29 is 19.8 Å². The fourth-order valence-corrected chi connectivity index (χ4v) is 5.53. The summed E-state index contributed by atoms with van der Waals surface area (Å²) in [4.78, 5) is 27.1. The van der Waals surface area contributed by atoms with Crippen LogP contribution < -0.4 is 5.32 Å². The third-order valence-electron chi connectivity index (χ3n) is 7.15. The van der Waals surface area contributed by atoms with Crippen LogP contribution in [0.4, 0.5) is 0 Å². The summed E-state index contributed by atoms with van der Waals surface area (Å²) in [6.07, 6.45) is 6.60. The molecule has 0 aromatic carbocycles. The molecule has 0 bridgehead atoms. The number of carbonyl (C=O) groups is 2. The van der Waals surface area contributed by atoms with E-state index in [9.17, 15) is 19.8 Å². The van der Waals surface area contributed by atoms with Crippen LogP contribution in [0.1, 0.15) is 53.9 Å². The first-order chi connectivity index (χ1) is 13.6. The van der Waals surface area contributed by atoms with Crippen molar-refractivity contribution in [2.75, 3.05) is 0 Å². The minimum Gasteiger partial charge on any atom is -0.390 e. The number of amides is 1. The summed E-state index contributed by atoms with van der Waals surface area (Å²) >= 11 is 0. The summed E-state index contributed by atoms with van der Waals surface area (Å²) in [6.45, 7) is 10.4. The Morgan fingerprint density at radius 2 is 1.90 bits per heavy atom. The van der Waals surface area contributed by atoms with Gasteiger partial charge in [-0.3, -0.25) is 9.59 Å². The lowest BCUT2D eigenvalue weighted by Crippen LogP contribution is -2.51. The van der Waals surface area contributed by atoms with Gasteiger partial charge in [0.1, 0.15) is 5.41 Å². The van der Waals surface area contributed by atoms with Crippen LogP contribution in [0.3, 0.4) is 0 Å². The summed E-state index contributed by atoms with van der Waals surface area (Å²) in [6, 6.07) is -0.0599. The lowest BCUT2D eigenvalue weighted by Gasteiger charge is -2.44. The molecule has 2 aliphatic carbocycles. The molecule has 0 radical (unpaired) electrons. The van der Waals surface area contributed by atoms with E-state index in [4.69, 9.17) is 0 Å². The molecule has 160 valence electrons. The number of hydrogen-bond donors (Lipinski definition) is 3. The molecule has 5 heteroatoms. The van der Waals surface area contributed by atoms with Crippen molar-refractivity contribution in [1.82, 2.24) is 5.32 Å². The smallest absolute Gasteiger partial charge is 0.235 e. The van der Waals surface area contributed by atoms with Gasteiger partial charge >= 0.3 is 0 Å². The van der Waals surface area contributed by atoms with E-state index in [2.05, 4.69) is 39.1 Å². The zero-order valence-electron chi connectivity index (χ0n) is 18.2. The Morgan fingerprint density at radius 3 is 2.55 bits per heavy atom. The van der Waals surface area contributed by atoms with E-state index in [0.29, 0.717) is 18.8 Å². The second kappa shape index (κ2) is 8.19. The second-order valence-corrected chi connectivity index (χ2v) is 9.66. The standard InChI is InChI=1S/C24H35NO4/c1-13(2)10-18-22-16(5)15(4)12-17-11-14(3)6-7-19(26)20(27)8-9-21(28)24(17,22)23(29)25-18/h8-9,11-13,16-20,22,26-27H,6-7,10H2,1-5H3,(H,25,29)/b9-8+,14-11-/t16-,17-,18+,19-,20+,22-,24+/m0/s1. The van der Waals surface area contributed by atoms with Gasteiger partial charge in [0.05, 0.1) is 12.2 Å². The Kier molecular flexibility index (Phi) is 6.21. The summed E-state index contributed by atoms with van der Waals surface area (Å²) < 4.78 is 0. The van der Waals surface area contributed by atoms with Crippen LogP contribution in [0.5, 0.6) is 0 Å². The molecule has 1 saturated heterocycles. The van der Waals surface area contributed by atoms with Crippen LogP contribution in [0.25, 0.3) is 0 Å². The third-order valence-corrected chi connectivity index (χ3v) is 7.15. The van der Waals surface area contributed by atoms with Crippen molar-refractivity contribution in [3.63, 3.8) is 0 Å². The molecular formula is C24H35NO4. The van der Waals surface area contributed by atoms with Gasteiger partial charge in [-0.05, 0) is 51.0 Å². The van der Waals surface area contributed by atoms with Gasteiger partial charge in [-0.25, -0.2) is 0 Å². The Labute approximate surface area is 174 Å². The number of nitrogens with one attached hydrogen (secondary N) is 1. The molecule has 1 heterocycles. The van der Waals surface area contributed by atoms with Crippen molar-refractivity contribution in [2.45, 2.75) is 72.1 Å². The van der Waals surface area contributed by atoms with Gasteiger partial charge < -0.3 is 15.5 Å². The number of rotatable bonds is 2. The molecule has 7 atom stereocenters. The highest BCUT2D eigenvalue weighted by molar-refractivity contribution is 6.13. The number of carbonyl (C=O) groups excluding carboxylic acids is 2. The molecule has 1 spiro atoms. The Hall–Kier alpha value is -1.72. The summed E-state index contributed by atoms with van der Waals surface area (Å²) in [5, 5.41) is 23.6. The molecule has 1 amide bonds. The van der Waals surface area contributed by atoms with E-state index in [0.717, 1.165) is 12.0 Å². The average Bonchev–Trinajstić information content (AvgIpc) is 2.93. The maximum atomic E-state index is 13.6. The fraction of sp³-hybridized carbons (Fsp3) is 0.667. The van der Waals surface area contributed by atoms with Crippen molar-refractivity contribution in [1.29, 1.82) is 0 Å².